The van der Waals surface area contributed by atoms with Crippen LogP contribution in [0.5, 0.6) is 11.6 Å². The van der Waals surface area contributed by atoms with Gasteiger partial charge in [-0.25, -0.2) is 9.97 Å². The summed E-state index contributed by atoms with van der Waals surface area (Å²) in [5, 5.41) is 13.1. The summed E-state index contributed by atoms with van der Waals surface area (Å²) in [5.74, 6) is 0.240. The van der Waals surface area contributed by atoms with Crippen LogP contribution in [-0.4, -0.2) is 72.2 Å². The highest BCUT2D eigenvalue weighted by Gasteiger charge is 2.34. The predicted octanol–water partition coefficient (Wildman–Crippen LogP) is 4.64. The number of halogens is 3. The fraction of sp³-hybridized carbons (Fsp3) is 0.333. The number of amides is 1. The van der Waals surface area contributed by atoms with E-state index in [0.717, 1.165) is 25.4 Å². The first kappa shape index (κ1) is 28.0. The van der Waals surface area contributed by atoms with Crippen LogP contribution in [-0.2, 0) is 12.7 Å². The van der Waals surface area contributed by atoms with E-state index in [1.54, 1.807) is 26.1 Å². The van der Waals surface area contributed by atoms with Crippen LogP contribution < -0.4 is 15.4 Å². The molecule has 4 rings (SSSR count). The maximum Gasteiger partial charge on any atom is 0.416 e. The Kier molecular flexibility index (Phi) is 8.46. The second kappa shape index (κ2) is 11.8. The molecule has 1 amide bonds. The van der Waals surface area contributed by atoms with Gasteiger partial charge in [0, 0.05) is 57.2 Å². The number of likely N-dealkylation sites (N-methyl/N-ethyl adjacent to an activating group) is 1. The van der Waals surface area contributed by atoms with Crippen LogP contribution in [0.3, 0.4) is 0 Å². The average Bonchev–Trinajstić information content (AvgIpc) is 2.91. The van der Waals surface area contributed by atoms with Crippen molar-refractivity contribution in [2.75, 3.05) is 50.9 Å². The number of anilines is 2. The van der Waals surface area contributed by atoms with E-state index in [0.29, 0.717) is 35.8 Å². The van der Waals surface area contributed by atoms with E-state index >= 15 is 0 Å². The number of hydrogen-bond donors (Lipinski definition) is 3. The molecule has 3 N–H and O–H groups in total. The van der Waals surface area contributed by atoms with Crippen LogP contribution >= 0.6 is 0 Å². The zero-order valence-corrected chi connectivity index (χ0v) is 21.9. The maximum absolute atomic E-state index is 13.9. The van der Waals surface area contributed by atoms with E-state index in [4.69, 9.17) is 10.1 Å². The number of nitrogens with one attached hydrogen (secondary N) is 3. The molecule has 1 aromatic heterocycles. The van der Waals surface area contributed by atoms with Crippen molar-refractivity contribution >= 4 is 23.6 Å². The van der Waals surface area contributed by atoms with E-state index < -0.39 is 17.6 Å². The number of piperazine rings is 1. The van der Waals surface area contributed by atoms with Gasteiger partial charge in [0.1, 0.15) is 17.9 Å². The SMILES string of the molecule is CNc1ncnc(Oc2cc(C(=O)Nc3ccc(CN4CCN(C)CC4)c(C(F)(F)F)c3)ccc2C)c1C=N. The van der Waals surface area contributed by atoms with Gasteiger partial charge in [-0.1, -0.05) is 12.1 Å². The van der Waals surface area contributed by atoms with Gasteiger partial charge >= 0.3 is 6.18 Å². The number of alkyl halides is 3. The molecule has 1 saturated heterocycles. The maximum atomic E-state index is 13.9. The smallest absolute Gasteiger partial charge is 0.416 e. The molecular weight excluding hydrogens is 511 g/mol. The standard InChI is InChI=1S/C27H30F3N7O2/c1-17-4-5-18(12-23(17)39-26-21(14-31)24(32-2)33-16-34-26)25(38)35-20-7-6-19(22(13-20)27(28,29)30)15-37-10-8-36(3)9-11-37/h4-7,12-14,16,31H,8-11,15H2,1-3H3,(H,35,38)(H,32,33,34). The van der Waals surface area contributed by atoms with Gasteiger partial charge in [0.15, 0.2) is 0 Å². The lowest BCUT2D eigenvalue weighted by atomic mass is 10.0. The topological polar surface area (TPSA) is 106 Å². The molecule has 0 bridgehead atoms. The lowest BCUT2D eigenvalue weighted by molar-refractivity contribution is -0.138. The second-order valence-electron chi connectivity index (χ2n) is 9.32. The molecule has 39 heavy (non-hydrogen) atoms. The molecule has 1 fully saturated rings. The quantitative estimate of drug-likeness (QED) is 0.357. The van der Waals surface area contributed by atoms with Crippen molar-refractivity contribution < 1.29 is 22.7 Å². The molecule has 0 radical (unpaired) electrons. The van der Waals surface area contributed by atoms with E-state index in [1.807, 2.05) is 11.9 Å². The lowest BCUT2D eigenvalue weighted by Gasteiger charge is -2.33. The number of aromatic nitrogens is 2. The summed E-state index contributed by atoms with van der Waals surface area (Å²) < 4.78 is 47.7. The van der Waals surface area contributed by atoms with Crippen molar-refractivity contribution in [3.63, 3.8) is 0 Å². The zero-order chi connectivity index (χ0) is 28.2. The molecule has 2 aromatic carbocycles. The van der Waals surface area contributed by atoms with Crippen LogP contribution in [0.15, 0.2) is 42.7 Å². The van der Waals surface area contributed by atoms with Crippen molar-refractivity contribution in [1.82, 2.24) is 19.8 Å². The Morgan fingerprint density at radius 2 is 1.87 bits per heavy atom. The Morgan fingerprint density at radius 3 is 2.54 bits per heavy atom. The van der Waals surface area contributed by atoms with Gasteiger partial charge in [-0.15, -0.1) is 0 Å². The summed E-state index contributed by atoms with van der Waals surface area (Å²) in [5.41, 5.74) is 0.646. The van der Waals surface area contributed by atoms with E-state index in [-0.39, 0.29) is 29.2 Å². The summed E-state index contributed by atoms with van der Waals surface area (Å²) in [7, 11) is 3.64. The van der Waals surface area contributed by atoms with Gasteiger partial charge in [-0.2, -0.15) is 13.2 Å². The molecule has 206 valence electrons. The van der Waals surface area contributed by atoms with Crippen LogP contribution in [0, 0.1) is 12.3 Å². The van der Waals surface area contributed by atoms with Crippen LogP contribution in [0.2, 0.25) is 0 Å². The summed E-state index contributed by atoms with van der Waals surface area (Å²) in [6.45, 7) is 4.94. The Balaban J connectivity index is 1.54. The fourth-order valence-electron chi connectivity index (χ4n) is 4.25. The lowest BCUT2D eigenvalue weighted by Crippen LogP contribution is -2.44. The first-order chi connectivity index (χ1) is 18.6. The molecule has 0 spiro atoms. The van der Waals surface area contributed by atoms with E-state index in [1.165, 1.54) is 24.5 Å². The Labute approximate surface area is 224 Å². The minimum absolute atomic E-state index is 0.0399. The number of carbonyl (C=O) groups excluding carboxylic acids is 1. The van der Waals surface area contributed by atoms with Crippen molar-refractivity contribution in [2.45, 2.75) is 19.6 Å². The summed E-state index contributed by atoms with van der Waals surface area (Å²) in [6.07, 6.45) is -2.23. The monoisotopic (exact) mass is 541 g/mol. The van der Waals surface area contributed by atoms with Crippen molar-refractivity contribution in [1.29, 1.82) is 5.41 Å². The van der Waals surface area contributed by atoms with Crippen molar-refractivity contribution in [2.24, 2.45) is 0 Å². The number of nitrogens with zero attached hydrogens (tertiary/aromatic N) is 4. The van der Waals surface area contributed by atoms with Gasteiger partial charge in [-0.3, -0.25) is 9.69 Å². The highest BCUT2D eigenvalue weighted by Crippen LogP contribution is 2.35. The van der Waals surface area contributed by atoms with Crippen molar-refractivity contribution in [3.8, 4) is 11.6 Å². The first-order valence-electron chi connectivity index (χ1n) is 12.3. The zero-order valence-electron chi connectivity index (χ0n) is 21.9. The largest absolute Gasteiger partial charge is 0.438 e. The molecule has 12 heteroatoms. The average molecular weight is 542 g/mol. The molecule has 1 aliphatic rings. The number of aryl methyl sites for hydroxylation is 1. The van der Waals surface area contributed by atoms with Crippen LogP contribution in [0.4, 0.5) is 24.7 Å². The van der Waals surface area contributed by atoms with E-state index in [9.17, 15) is 18.0 Å². The summed E-state index contributed by atoms with van der Waals surface area (Å²) in [6, 6.07) is 8.58. The molecule has 0 saturated carbocycles. The highest BCUT2D eigenvalue weighted by molar-refractivity contribution is 6.04. The fourth-order valence-corrected chi connectivity index (χ4v) is 4.25. The molecular formula is C27H30F3N7O2. The predicted molar refractivity (Wildman–Crippen MR) is 143 cm³/mol. The number of carbonyl (C=O) groups is 1. The molecule has 0 aliphatic carbocycles. The molecule has 9 nitrogen and oxygen atoms in total. The molecule has 0 atom stereocenters. The van der Waals surface area contributed by atoms with Crippen LogP contribution in [0.1, 0.15) is 32.6 Å². The third kappa shape index (κ3) is 6.70. The Bertz CT molecular complexity index is 1360. The number of benzene rings is 2. The molecule has 0 unspecified atom stereocenters. The van der Waals surface area contributed by atoms with Gasteiger partial charge < -0.3 is 25.7 Å². The third-order valence-electron chi connectivity index (χ3n) is 6.55. The molecule has 3 aromatic rings. The van der Waals surface area contributed by atoms with Gasteiger partial charge in [0.05, 0.1) is 11.1 Å². The Morgan fingerprint density at radius 1 is 1.13 bits per heavy atom. The Hall–Kier alpha value is -4.03. The second-order valence-corrected chi connectivity index (χ2v) is 9.32. The summed E-state index contributed by atoms with van der Waals surface area (Å²) >= 11 is 0. The normalized spacial score (nSPS) is 14.6. The van der Waals surface area contributed by atoms with Gasteiger partial charge in [0.25, 0.3) is 5.91 Å². The molecule has 1 aliphatic heterocycles. The number of ether oxygens (including phenoxy) is 1. The van der Waals surface area contributed by atoms with Crippen LogP contribution in [0.25, 0.3) is 0 Å². The third-order valence-corrected chi connectivity index (χ3v) is 6.55. The number of rotatable bonds is 8. The minimum atomic E-state index is -4.57. The van der Waals surface area contributed by atoms with Gasteiger partial charge in [0.2, 0.25) is 5.88 Å². The number of hydrogen-bond acceptors (Lipinski definition) is 8. The first-order valence-corrected chi connectivity index (χ1v) is 12.3. The highest BCUT2D eigenvalue weighted by atomic mass is 19.4. The molecule has 2 heterocycles. The van der Waals surface area contributed by atoms with Gasteiger partial charge in [-0.05, 0) is 49.4 Å². The minimum Gasteiger partial charge on any atom is -0.438 e. The van der Waals surface area contributed by atoms with E-state index in [2.05, 4.69) is 25.5 Å². The van der Waals surface area contributed by atoms with Crippen molar-refractivity contribution in [3.05, 3.63) is 70.5 Å². The summed E-state index contributed by atoms with van der Waals surface area (Å²) in [4.78, 5) is 25.3.